The minimum Gasteiger partial charge on any atom is -0.372 e. The lowest BCUT2D eigenvalue weighted by Crippen LogP contribution is -2.21. The Morgan fingerprint density at radius 3 is 2.80 bits per heavy atom. The molecule has 0 saturated heterocycles. The highest BCUT2D eigenvalue weighted by Gasteiger charge is 2.17. The molecule has 2 rings (SSSR count). The first kappa shape index (κ1) is 10.4. The van der Waals surface area contributed by atoms with Crippen LogP contribution >= 0.6 is 0 Å². The van der Waals surface area contributed by atoms with Gasteiger partial charge in [0.2, 0.25) is 0 Å². The van der Waals surface area contributed by atoms with Crippen molar-refractivity contribution in [3.05, 3.63) is 18.1 Å². The average molecular weight is 207 g/mol. The minimum atomic E-state index is 0.459. The Hall–Kier alpha value is -1.16. The molecule has 4 nitrogen and oxygen atoms in total. The maximum Gasteiger partial charge on any atom is 0.144 e. The number of nitrogens with zero attached hydrogens (tertiary/aromatic N) is 2. The van der Waals surface area contributed by atoms with Crippen LogP contribution in [0.15, 0.2) is 12.4 Å². The van der Waals surface area contributed by atoms with Crippen LogP contribution in [0.25, 0.3) is 0 Å². The Balaban J connectivity index is 1.80. The maximum absolute atomic E-state index is 5.64. The van der Waals surface area contributed by atoms with Crippen molar-refractivity contribution in [3.63, 3.8) is 0 Å². The fourth-order valence-corrected chi connectivity index (χ4v) is 1.44. The van der Waals surface area contributed by atoms with Gasteiger partial charge in [-0.05, 0) is 26.2 Å². The first-order chi connectivity index (χ1) is 7.38. The number of hydrogen-bond acceptors (Lipinski definition) is 4. The second-order valence-corrected chi connectivity index (χ2v) is 3.79. The Morgan fingerprint density at radius 2 is 2.27 bits per heavy atom. The van der Waals surface area contributed by atoms with Gasteiger partial charge in [-0.15, -0.1) is 0 Å². The van der Waals surface area contributed by atoms with Gasteiger partial charge in [0.15, 0.2) is 0 Å². The van der Waals surface area contributed by atoms with Crippen molar-refractivity contribution in [1.82, 2.24) is 9.97 Å². The van der Waals surface area contributed by atoms with Crippen molar-refractivity contribution in [1.29, 1.82) is 0 Å². The monoisotopic (exact) mass is 207 g/mol. The SMILES string of the molecule is CCNc1cnc(COC2CCC2)cn1. The summed E-state index contributed by atoms with van der Waals surface area (Å²) < 4.78 is 5.64. The summed E-state index contributed by atoms with van der Waals surface area (Å²) in [7, 11) is 0. The van der Waals surface area contributed by atoms with E-state index < -0.39 is 0 Å². The summed E-state index contributed by atoms with van der Waals surface area (Å²) in [5, 5.41) is 3.11. The molecule has 0 aromatic carbocycles. The molecule has 82 valence electrons. The molecule has 1 aromatic heterocycles. The third kappa shape index (κ3) is 2.89. The number of aromatic nitrogens is 2. The third-order valence-corrected chi connectivity index (χ3v) is 2.58. The van der Waals surface area contributed by atoms with E-state index in [1.165, 1.54) is 19.3 Å². The van der Waals surface area contributed by atoms with Gasteiger partial charge in [0.05, 0.1) is 30.8 Å². The summed E-state index contributed by atoms with van der Waals surface area (Å²) in [4.78, 5) is 8.51. The highest BCUT2D eigenvalue weighted by Crippen LogP contribution is 2.22. The lowest BCUT2D eigenvalue weighted by molar-refractivity contribution is -0.0102. The highest BCUT2D eigenvalue weighted by atomic mass is 16.5. The molecular weight excluding hydrogens is 190 g/mol. The van der Waals surface area contributed by atoms with Gasteiger partial charge in [0.1, 0.15) is 5.82 Å². The van der Waals surface area contributed by atoms with Gasteiger partial charge in [-0.25, -0.2) is 4.98 Å². The molecule has 0 amide bonds. The fraction of sp³-hybridized carbons (Fsp3) is 0.636. The number of nitrogens with one attached hydrogen (secondary N) is 1. The zero-order valence-corrected chi connectivity index (χ0v) is 9.07. The summed E-state index contributed by atoms with van der Waals surface area (Å²) in [5.41, 5.74) is 0.906. The fourth-order valence-electron chi connectivity index (χ4n) is 1.44. The summed E-state index contributed by atoms with van der Waals surface area (Å²) >= 11 is 0. The molecule has 1 aliphatic rings. The van der Waals surface area contributed by atoms with Crippen molar-refractivity contribution in [2.75, 3.05) is 11.9 Å². The first-order valence-corrected chi connectivity index (χ1v) is 5.55. The van der Waals surface area contributed by atoms with Crippen LogP contribution in [-0.4, -0.2) is 22.6 Å². The van der Waals surface area contributed by atoms with Crippen LogP contribution in [0.4, 0.5) is 5.82 Å². The predicted molar refractivity (Wildman–Crippen MR) is 58.6 cm³/mol. The van der Waals surface area contributed by atoms with Crippen LogP contribution in [-0.2, 0) is 11.3 Å². The first-order valence-electron chi connectivity index (χ1n) is 5.55. The van der Waals surface area contributed by atoms with Crippen LogP contribution in [0, 0.1) is 0 Å². The summed E-state index contributed by atoms with van der Waals surface area (Å²) in [6.45, 7) is 3.49. The molecule has 0 bridgehead atoms. The Morgan fingerprint density at radius 1 is 1.40 bits per heavy atom. The van der Waals surface area contributed by atoms with E-state index in [0.29, 0.717) is 12.7 Å². The minimum absolute atomic E-state index is 0.459. The normalized spacial score (nSPS) is 16.1. The molecule has 1 aliphatic carbocycles. The predicted octanol–water partition coefficient (Wildman–Crippen LogP) is 1.98. The molecule has 0 spiro atoms. The molecule has 1 fully saturated rings. The van der Waals surface area contributed by atoms with E-state index >= 15 is 0 Å². The Labute approximate surface area is 90.1 Å². The molecule has 0 unspecified atom stereocenters. The maximum atomic E-state index is 5.64. The molecule has 1 saturated carbocycles. The van der Waals surface area contributed by atoms with Gasteiger partial charge in [-0.3, -0.25) is 4.98 Å². The van der Waals surface area contributed by atoms with E-state index in [0.717, 1.165) is 18.1 Å². The van der Waals surface area contributed by atoms with Gasteiger partial charge < -0.3 is 10.1 Å². The average Bonchev–Trinajstić information content (AvgIpc) is 2.19. The molecular formula is C11H17N3O. The standard InChI is InChI=1S/C11H17N3O/c1-2-12-11-7-13-9(6-14-11)8-15-10-4-3-5-10/h6-7,10H,2-5,8H2,1H3,(H,12,14). The summed E-state index contributed by atoms with van der Waals surface area (Å²) in [5.74, 6) is 0.824. The quantitative estimate of drug-likeness (QED) is 0.802. The van der Waals surface area contributed by atoms with Crippen LogP contribution in [0.2, 0.25) is 0 Å². The molecule has 15 heavy (non-hydrogen) atoms. The van der Waals surface area contributed by atoms with Crippen molar-refractivity contribution >= 4 is 5.82 Å². The van der Waals surface area contributed by atoms with Crippen molar-refractivity contribution in [2.24, 2.45) is 0 Å². The van der Waals surface area contributed by atoms with E-state index in [1.54, 1.807) is 12.4 Å². The van der Waals surface area contributed by atoms with Gasteiger partial charge >= 0.3 is 0 Å². The highest BCUT2D eigenvalue weighted by molar-refractivity contribution is 5.30. The van der Waals surface area contributed by atoms with Crippen LogP contribution in [0.3, 0.4) is 0 Å². The van der Waals surface area contributed by atoms with Gasteiger partial charge in [0, 0.05) is 6.54 Å². The molecule has 1 heterocycles. The van der Waals surface area contributed by atoms with E-state index in [9.17, 15) is 0 Å². The van der Waals surface area contributed by atoms with Crippen molar-refractivity contribution in [2.45, 2.75) is 38.9 Å². The van der Waals surface area contributed by atoms with Gasteiger partial charge in [-0.2, -0.15) is 0 Å². The summed E-state index contributed by atoms with van der Waals surface area (Å²) in [6.07, 6.45) is 7.68. The van der Waals surface area contributed by atoms with E-state index in [-0.39, 0.29) is 0 Å². The van der Waals surface area contributed by atoms with Crippen molar-refractivity contribution in [3.8, 4) is 0 Å². The van der Waals surface area contributed by atoms with Crippen LogP contribution in [0.1, 0.15) is 31.9 Å². The molecule has 1 aromatic rings. The summed E-state index contributed by atoms with van der Waals surface area (Å²) in [6, 6.07) is 0. The number of rotatable bonds is 5. The molecule has 0 radical (unpaired) electrons. The van der Waals surface area contributed by atoms with E-state index in [2.05, 4.69) is 15.3 Å². The zero-order chi connectivity index (χ0) is 10.5. The third-order valence-electron chi connectivity index (χ3n) is 2.58. The van der Waals surface area contributed by atoms with Gasteiger partial charge in [0.25, 0.3) is 0 Å². The van der Waals surface area contributed by atoms with Crippen LogP contribution < -0.4 is 5.32 Å². The topological polar surface area (TPSA) is 47.0 Å². The molecule has 0 atom stereocenters. The molecule has 1 N–H and O–H groups in total. The van der Waals surface area contributed by atoms with E-state index in [4.69, 9.17) is 4.74 Å². The second kappa shape index (κ2) is 5.07. The Bertz CT molecular complexity index is 295. The zero-order valence-electron chi connectivity index (χ0n) is 9.07. The number of hydrogen-bond donors (Lipinski definition) is 1. The Kier molecular flexibility index (Phi) is 3.50. The smallest absolute Gasteiger partial charge is 0.144 e. The van der Waals surface area contributed by atoms with Crippen molar-refractivity contribution < 1.29 is 4.74 Å². The lowest BCUT2D eigenvalue weighted by Gasteiger charge is -2.25. The largest absolute Gasteiger partial charge is 0.372 e. The molecule has 4 heteroatoms. The molecule has 0 aliphatic heterocycles. The second-order valence-electron chi connectivity index (χ2n) is 3.79. The lowest BCUT2D eigenvalue weighted by atomic mass is 9.96. The van der Waals surface area contributed by atoms with Gasteiger partial charge in [-0.1, -0.05) is 0 Å². The number of ether oxygens (including phenoxy) is 1. The number of anilines is 1. The van der Waals surface area contributed by atoms with E-state index in [1.807, 2.05) is 6.92 Å². The van der Waals surface area contributed by atoms with Crippen LogP contribution in [0.5, 0.6) is 0 Å².